The van der Waals surface area contributed by atoms with Crippen molar-refractivity contribution >= 4 is 5.91 Å². The van der Waals surface area contributed by atoms with Crippen LogP contribution in [-0.4, -0.2) is 56.0 Å². The van der Waals surface area contributed by atoms with Crippen molar-refractivity contribution in [3.63, 3.8) is 0 Å². The Morgan fingerprint density at radius 2 is 2.21 bits per heavy atom. The summed E-state index contributed by atoms with van der Waals surface area (Å²) in [5.74, 6) is 1.19. The van der Waals surface area contributed by atoms with Crippen LogP contribution in [0.1, 0.15) is 47.8 Å². The molecule has 0 fully saturated rings. The minimum absolute atomic E-state index is 0. The topological polar surface area (TPSA) is 80.3 Å². The summed E-state index contributed by atoms with van der Waals surface area (Å²) in [6.45, 7) is 6.46. The fourth-order valence-corrected chi connectivity index (χ4v) is 2.84. The number of hydrogen-bond acceptors (Lipinski definition) is 6. The average Bonchev–Trinajstić information content (AvgIpc) is 3.20. The Labute approximate surface area is 190 Å². The number of hydrogen-bond donors (Lipinski definition) is 0. The molecular weight excluding hydrogens is 382 g/mol. The number of aryl methyl sites for hydroxylation is 1. The molecule has 0 bridgehead atoms. The molecule has 1 unspecified atom stereocenters. The molecule has 8 nitrogen and oxygen atoms in total. The van der Waals surface area contributed by atoms with Crippen LogP contribution in [0.4, 0.5) is 0 Å². The van der Waals surface area contributed by atoms with E-state index in [1.807, 2.05) is 6.92 Å². The third kappa shape index (κ3) is 3.72. The molecule has 0 spiro atoms. The zero-order valence-corrected chi connectivity index (χ0v) is 19.8. The Balaban J connectivity index is 0.00000208. The molecule has 0 N–H and O–H groups in total. The summed E-state index contributed by atoms with van der Waals surface area (Å²) in [5, 5.41) is 3.48. The van der Waals surface area contributed by atoms with Gasteiger partial charge in [-0.15, -0.1) is 0 Å². The summed E-state index contributed by atoms with van der Waals surface area (Å²) < 4.78 is 7.19. The van der Waals surface area contributed by atoms with Crippen LogP contribution in [0.5, 0.6) is 0 Å². The van der Waals surface area contributed by atoms with Gasteiger partial charge < -0.3 is 19.0 Å². The molecule has 3 rings (SSSR count). The molecule has 2 aromatic heterocycles. The fraction of sp³-hybridized carbons (Fsp3) is 0.600. The van der Waals surface area contributed by atoms with Crippen LogP contribution in [-0.2, 0) is 19.5 Å². The second kappa shape index (κ2) is 8.31. The number of aromatic nitrogens is 4. The first-order valence-corrected chi connectivity index (χ1v) is 7.76. The van der Waals surface area contributed by atoms with Gasteiger partial charge in [0.2, 0.25) is 0 Å². The minimum atomic E-state index is -0.329. The van der Waals surface area contributed by atoms with Crippen molar-refractivity contribution in [2.24, 2.45) is 0 Å². The van der Waals surface area contributed by atoms with E-state index >= 15 is 0 Å². The average molecular weight is 403 g/mol. The van der Waals surface area contributed by atoms with E-state index in [1.54, 1.807) is 11.9 Å². The third-order valence-electron chi connectivity index (χ3n) is 4.39. The van der Waals surface area contributed by atoms with Crippen LogP contribution in [0.25, 0.3) is 0 Å². The van der Waals surface area contributed by atoms with Gasteiger partial charge >= 0.3 is 58.2 Å². The van der Waals surface area contributed by atoms with E-state index in [1.165, 1.54) is 0 Å². The van der Waals surface area contributed by atoms with Gasteiger partial charge in [-0.1, -0.05) is 13.8 Å². The van der Waals surface area contributed by atoms with Gasteiger partial charge in [0.25, 0.3) is 5.91 Å². The maximum atomic E-state index is 12.9. The van der Waals surface area contributed by atoms with Crippen LogP contribution < -0.4 is 58.2 Å². The van der Waals surface area contributed by atoms with Gasteiger partial charge in [0, 0.05) is 39.1 Å². The largest absolute Gasteiger partial charge is 1.00 e. The third-order valence-corrected chi connectivity index (χ3v) is 4.39. The molecule has 2 aromatic rings. The summed E-state index contributed by atoms with van der Waals surface area (Å²) in [6.07, 6.45) is 3.19. The Bertz CT molecular complexity index is 699. The van der Waals surface area contributed by atoms with Gasteiger partial charge in [0.1, 0.15) is 5.82 Å². The maximum absolute atomic E-state index is 12.9. The van der Waals surface area contributed by atoms with Crippen molar-refractivity contribution in [3.8, 4) is 0 Å². The molecule has 3 heterocycles. The first kappa shape index (κ1) is 19.9. The number of likely N-dealkylation sites (N-methyl/N-ethyl adjacent to an activating group) is 1. The van der Waals surface area contributed by atoms with Crippen molar-refractivity contribution in [2.75, 3.05) is 20.6 Å². The van der Waals surface area contributed by atoms with Gasteiger partial charge in [-0.25, -0.2) is 4.98 Å². The van der Waals surface area contributed by atoms with Gasteiger partial charge in [0.15, 0.2) is 5.69 Å². The summed E-state index contributed by atoms with van der Waals surface area (Å²) >= 11 is 0. The predicted octanol–water partition coefficient (Wildman–Crippen LogP) is -2.09. The van der Waals surface area contributed by atoms with E-state index in [0.29, 0.717) is 11.6 Å². The van der Waals surface area contributed by atoms with E-state index in [9.17, 15) is 4.79 Å². The van der Waals surface area contributed by atoms with E-state index in [2.05, 4.69) is 44.9 Å². The number of fused-ring (bicyclic) bond motifs is 1. The quantitative estimate of drug-likeness (QED) is 0.546. The summed E-state index contributed by atoms with van der Waals surface area (Å²) in [4.78, 5) is 25.2. The number of rotatable bonds is 4. The number of imidazole rings is 1. The van der Waals surface area contributed by atoms with Gasteiger partial charge in [-0.3, -0.25) is 9.69 Å². The van der Waals surface area contributed by atoms with Crippen molar-refractivity contribution in [1.82, 2.24) is 29.5 Å². The number of amides is 1. The predicted molar refractivity (Wildman–Crippen MR) is 81.6 cm³/mol. The first-order valence-electron chi connectivity index (χ1n) is 7.76. The Hall–Kier alpha value is -0.415. The molecule has 124 valence electrons. The number of carbonyl (C=O) groups is 1. The van der Waals surface area contributed by atoms with E-state index in [-0.39, 0.29) is 70.1 Å². The molecule has 1 amide bonds. The van der Waals surface area contributed by atoms with Gasteiger partial charge in [-0.05, 0) is 13.4 Å². The number of nitrogens with zero attached hydrogens (tertiary/aromatic N) is 6. The van der Waals surface area contributed by atoms with E-state index in [4.69, 9.17) is 4.52 Å². The molecule has 0 saturated heterocycles. The fourth-order valence-electron chi connectivity index (χ4n) is 2.84. The van der Waals surface area contributed by atoms with Crippen LogP contribution >= 0.6 is 0 Å². The molecule has 0 aliphatic carbocycles. The Morgan fingerprint density at radius 1 is 1.46 bits per heavy atom. The molecule has 1 aliphatic rings. The Kier molecular flexibility index (Phi) is 6.89. The van der Waals surface area contributed by atoms with Crippen molar-refractivity contribution in [3.05, 3.63) is 29.4 Å². The Morgan fingerprint density at radius 3 is 2.83 bits per heavy atom. The zero-order chi connectivity index (χ0) is 16.6. The second-order valence-electron chi connectivity index (χ2n) is 5.89. The van der Waals surface area contributed by atoms with Gasteiger partial charge in [0.05, 0.1) is 11.6 Å². The zero-order valence-electron chi connectivity index (χ0n) is 14.9. The molecule has 0 radical (unpaired) electrons. The molecule has 24 heavy (non-hydrogen) atoms. The summed E-state index contributed by atoms with van der Waals surface area (Å²) in [5.41, 5.74) is 1.50. The summed E-state index contributed by atoms with van der Waals surface area (Å²) in [6, 6.07) is -0.329. The molecule has 1 atom stereocenters. The van der Waals surface area contributed by atoms with Crippen molar-refractivity contribution in [1.29, 1.82) is 0 Å². The molecular formula is C15H21N6O2Rb. The standard InChI is InChI=1S/C15H21N6O2.Rb/c1-5-12-18-13(11-8-19(3)6-7-21(11)12)15(22)20(4)10(2)14-16-9-17-23-14;/h10H,5-8H2,1-4H3;/q-1;+1. The molecule has 0 aromatic carbocycles. The van der Waals surface area contributed by atoms with E-state index in [0.717, 1.165) is 37.6 Å². The van der Waals surface area contributed by atoms with Crippen molar-refractivity contribution < 1.29 is 67.5 Å². The first-order chi connectivity index (χ1) is 11.0. The monoisotopic (exact) mass is 402 g/mol. The van der Waals surface area contributed by atoms with Crippen LogP contribution in [0, 0.1) is 6.33 Å². The van der Waals surface area contributed by atoms with Crippen LogP contribution in [0.3, 0.4) is 0 Å². The minimum Gasteiger partial charge on any atom is -0.448 e. The molecule has 0 saturated carbocycles. The summed E-state index contributed by atoms with van der Waals surface area (Å²) in [7, 11) is 3.78. The van der Waals surface area contributed by atoms with Crippen LogP contribution in [0.2, 0.25) is 0 Å². The second-order valence-corrected chi connectivity index (χ2v) is 5.89. The number of carbonyl (C=O) groups excluding carboxylic acids is 1. The smallest absolute Gasteiger partial charge is 0.448 e. The van der Waals surface area contributed by atoms with Crippen LogP contribution in [0.15, 0.2) is 4.52 Å². The van der Waals surface area contributed by atoms with Gasteiger partial charge in [-0.2, -0.15) is 5.16 Å². The maximum Gasteiger partial charge on any atom is 1.00 e. The molecule has 1 aliphatic heterocycles. The van der Waals surface area contributed by atoms with Crippen molar-refractivity contribution in [2.45, 2.75) is 39.4 Å². The molecule has 9 heteroatoms. The van der Waals surface area contributed by atoms with E-state index < -0.39 is 0 Å². The normalized spacial score (nSPS) is 15.5. The SMILES string of the molecule is CCc1nc(C(=O)N(C)C(C)c2n[c-]no2)c2n1CCN(C)C2.[Rb+].